The molecule has 0 amide bonds. The summed E-state index contributed by atoms with van der Waals surface area (Å²) in [5.41, 5.74) is 0. The Bertz CT molecular complexity index is 339. The Morgan fingerprint density at radius 2 is 2.00 bits per heavy atom. The van der Waals surface area contributed by atoms with Gasteiger partial charge in [0.1, 0.15) is 0 Å². The molecular formula is C12H16BrO3. The number of ether oxygens (including phenoxy) is 3. The van der Waals surface area contributed by atoms with Crippen LogP contribution in [-0.4, -0.2) is 20.8 Å². The maximum Gasteiger partial charge on any atom is 0.204 e. The molecular weight excluding hydrogens is 272 g/mol. The van der Waals surface area contributed by atoms with Crippen molar-refractivity contribution in [2.24, 2.45) is 0 Å². The number of hydrogen-bond donors (Lipinski definition) is 0. The van der Waals surface area contributed by atoms with E-state index in [1.54, 1.807) is 20.3 Å². The van der Waals surface area contributed by atoms with E-state index < -0.39 is 0 Å². The molecule has 0 aromatic heterocycles. The van der Waals surface area contributed by atoms with Gasteiger partial charge in [-0.1, -0.05) is 13.3 Å². The minimum Gasteiger partial charge on any atom is -0.493 e. The molecule has 0 heterocycles. The van der Waals surface area contributed by atoms with E-state index >= 15 is 0 Å². The van der Waals surface area contributed by atoms with Gasteiger partial charge in [-0.25, -0.2) is 0 Å². The van der Waals surface area contributed by atoms with Gasteiger partial charge in [0, 0.05) is 6.07 Å². The molecule has 0 aliphatic heterocycles. The standard InChI is InChI=1S/C12H16BrO3/c1-4-5-8-16-12-10(14-2)7-6-9(13)11(12)15-3/h7H,4-5,8H2,1-3H3. The fourth-order valence-electron chi connectivity index (χ4n) is 1.26. The van der Waals surface area contributed by atoms with E-state index in [1.807, 2.05) is 0 Å². The van der Waals surface area contributed by atoms with Crippen LogP contribution in [0.4, 0.5) is 0 Å². The third kappa shape index (κ3) is 3.04. The molecule has 0 fully saturated rings. The van der Waals surface area contributed by atoms with E-state index in [-0.39, 0.29) is 0 Å². The highest BCUT2D eigenvalue weighted by molar-refractivity contribution is 9.10. The van der Waals surface area contributed by atoms with Gasteiger partial charge in [-0.05, 0) is 28.4 Å². The Hall–Kier alpha value is -0.900. The second-order valence-corrected chi connectivity index (χ2v) is 4.03. The van der Waals surface area contributed by atoms with Gasteiger partial charge in [-0.15, -0.1) is 0 Å². The minimum absolute atomic E-state index is 0.621. The highest BCUT2D eigenvalue weighted by atomic mass is 79.9. The van der Waals surface area contributed by atoms with Crippen molar-refractivity contribution in [3.05, 3.63) is 16.6 Å². The van der Waals surface area contributed by atoms with Crippen LogP contribution in [0.2, 0.25) is 0 Å². The highest BCUT2D eigenvalue weighted by Crippen LogP contribution is 2.42. The van der Waals surface area contributed by atoms with Gasteiger partial charge in [0.2, 0.25) is 5.75 Å². The molecule has 0 unspecified atom stereocenters. The molecule has 0 spiro atoms. The Morgan fingerprint density at radius 1 is 1.25 bits per heavy atom. The van der Waals surface area contributed by atoms with Crippen LogP contribution in [0.15, 0.2) is 10.5 Å². The molecule has 0 aliphatic rings. The van der Waals surface area contributed by atoms with E-state index in [2.05, 4.69) is 28.9 Å². The SMILES string of the molecule is CCCCOc1c(OC)c[c]c(Br)c1OC. The van der Waals surface area contributed by atoms with Crippen molar-refractivity contribution in [3.8, 4) is 17.2 Å². The van der Waals surface area contributed by atoms with E-state index in [0.29, 0.717) is 23.9 Å². The zero-order valence-electron chi connectivity index (χ0n) is 9.80. The fourth-order valence-corrected chi connectivity index (χ4v) is 1.72. The van der Waals surface area contributed by atoms with Crippen molar-refractivity contribution >= 4 is 15.9 Å². The second kappa shape index (κ2) is 6.63. The molecule has 1 radical (unpaired) electrons. The number of benzene rings is 1. The number of unbranched alkanes of at least 4 members (excludes halogenated alkanes) is 1. The molecule has 3 nitrogen and oxygen atoms in total. The Labute approximate surface area is 105 Å². The first-order chi connectivity index (χ1) is 7.74. The summed E-state index contributed by atoms with van der Waals surface area (Å²) in [6, 6.07) is 4.72. The van der Waals surface area contributed by atoms with Gasteiger partial charge < -0.3 is 14.2 Å². The topological polar surface area (TPSA) is 27.7 Å². The predicted molar refractivity (Wildman–Crippen MR) is 66.5 cm³/mol. The predicted octanol–water partition coefficient (Wildman–Crippen LogP) is 3.45. The maximum atomic E-state index is 5.67. The Kier molecular flexibility index (Phi) is 5.46. The molecule has 16 heavy (non-hydrogen) atoms. The van der Waals surface area contributed by atoms with Crippen LogP contribution in [0.1, 0.15) is 19.8 Å². The lowest BCUT2D eigenvalue weighted by Crippen LogP contribution is -2.01. The molecule has 89 valence electrons. The maximum absolute atomic E-state index is 5.67. The number of rotatable bonds is 6. The van der Waals surface area contributed by atoms with Crippen LogP contribution in [0.25, 0.3) is 0 Å². The number of methoxy groups -OCH3 is 2. The average molecular weight is 288 g/mol. The molecule has 1 aromatic carbocycles. The lowest BCUT2D eigenvalue weighted by atomic mass is 10.3. The van der Waals surface area contributed by atoms with Gasteiger partial charge in [0.15, 0.2) is 11.5 Å². The zero-order valence-corrected chi connectivity index (χ0v) is 11.4. The molecule has 1 aromatic rings. The van der Waals surface area contributed by atoms with Crippen LogP contribution in [-0.2, 0) is 0 Å². The van der Waals surface area contributed by atoms with Crippen molar-refractivity contribution in [3.63, 3.8) is 0 Å². The largest absolute Gasteiger partial charge is 0.493 e. The minimum atomic E-state index is 0.621. The third-order valence-electron chi connectivity index (χ3n) is 2.13. The molecule has 1 rings (SSSR count). The van der Waals surface area contributed by atoms with Crippen LogP contribution >= 0.6 is 15.9 Å². The van der Waals surface area contributed by atoms with Gasteiger partial charge in [-0.3, -0.25) is 0 Å². The number of halogens is 1. The lowest BCUT2D eigenvalue weighted by molar-refractivity contribution is 0.269. The molecule has 0 N–H and O–H groups in total. The van der Waals surface area contributed by atoms with Gasteiger partial charge >= 0.3 is 0 Å². The third-order valence-corrected chi connectivity index (χ3v) is 2.72. The van der Waals surface area contributed by atoms with Crippen LogP contribution in [0.3, 0.4) is 0 Å². The summed E-state index contributed by atoms with van der Waals surface area (Å²) in [6.45, 7) is 2.77. The molecule has 0 atom stereocenters. The monoisotopic (exact) mass is 287 g/mol. The summed E-state index contributed by atoms with van der Waals surface area (Å²) in [7, 11) is 3.20. The zero-order chi connectivity index (χ0) is 12.0. The van der Waals surface area contributed by atoms with Gasteiger partial charge in [0.25, 0.3) is 0 Å². The first-order valence-corrected chi connectivity index (χ1v) is 5.98. The van der Waals surface area contributed by atoms with Crippen molar-refractivity contribution < 1.29 is 14.2 Å². The Balaban J connectivity index is 2.95. The van der Waals surface area contributed by atoms with E-state index in [9.17, 15) is 0 Å². The van der Waals surface area contributed by atoms with Gasteiger partial charge in [-0.2, -0.15) is 0 Å². The quantitative estimate of drug-likeness (QED) is 0.750. The second-order valence-electron chi connectivity index (χ2n) is 3.24. The summed E-state index contributed by atoms with van der Waals surface area (Å²) < 4.78 is 16.9. The fraction of sp³-hybridized carbons (Fsp3) is 0.500. The summed E-state index contributed by atoms with van der Waals surface area (Å²) >= 11 is 3.36. The first-order valence-electron chi connectivity index (χ1n) is 5.19. The summed E-state index contributed by atoms with van der Waals surface area (Å²) in [4.78, 5) is 0. The van der Waals surface area contributed by atoms with Crippen molar-refractivity contribution in [2.75, 3.05) is 20.8 Å². The lowest BCUT2D eigenvalue weighted by Gasteiger charge is -2.14. The van der Waals surface area contributed by atoms with E-state index in [1.165, 1.54) is 0 Å². The molecule has 0 bridgehead atoms. The normalized spacial score (nSPS) is 10.0. The molecule has 4 heteroatoms. The number of hydrogen-bond acceptors (Lipinski definition) is 3. The average Bonchev–Trinajstić information content (AvgIpc) is 2.30. The smallest absolute Gasteiger partial charge is 0.204 e. The summed E-state index contributed by atoms with van der Waals surface area (Å²) in [5.74, 6) is 1.88. The van der Waals surface area contributed by atoms with Crippen molar-refractivity contribution in [1.29, 1.82) is 0 Å². The first kappa shape index (κ1) is 13.2. The summed E-state index contributed by atoms with van der Waals surface area (Å²) in [5, 5.41) is 0. The Morgan fingerprint density at radius 3 is 2.56 bits per heavy atom. The molecule has 0 saturated heterocycles. The molecule has 0 saturated carbocycles. The van der Waals surface area contributed by atoms with Crippen LogP contribution in [0.5, 0.6) is 17.2 Å². The van der Waals surface area contributed by atoms with Gasteiger partial charge in [0.05, 0.1) is 25.3 Å². The van der Waals surface area contributed by atoms with Crippen LogP contribution < -0.4 is 14.2 Å². The van der Waals surface area contributed by atoms with Crippen molar-refractivity contribution in [2.45, 2.75) is 19.8 Å². The highest BCUT2D eigenvalue weighted by Gasteiger charge is 2.15. The van der Waals surface area contributed by atoms with Crippen LogP contribution in [0, 0.1) is 6.07 Å². The van der Waals surface area contributed by atoms with E-state index in [4.69, 9.17) is 14.2 Å². The van der Waals surface area contributed by atoms with E-state index in [0.717, 1.165) is 17.3 Å². The molecule has 0 aliphatic carbocycles. The summed E-state index contributed by atoms with van der Waals surface area (Å²) in [6.07, 6.45) is 2.09. The van der Waals surface area contributed by atoms with Crippen molar-refractivity contribution in [1.82, 2.24) is 0 Å².